The van der Waals surface area contributed by atoms with E-state index in [1.54, 1.807) is 6.92 Å². The van der Waals surface area contributed by atoms with Gasteiger partial charge in [0.05, 0.1) is 5.54 Å². The van der Waals surface area contributed by atoms with Gasteiger partial charge in [-0.25, -0.2) is 18.6 Å². The van der Waals surface area contributed by atoms with Crippen molar-refractivity contribution >= 4 is 37.1 Å². The standard InChI is InChI=1S/C24H33F2N3O4SSi/c1-23(16-8-7-9-17(25)19(16)26)18-14-24(18,20(30)29-10-5-6-11-29)34-22(28-23)33-21(31)27-15-32-12-13-35(2,3)4/h7-9,18H,5-6,10-15H2,1-4H3,(H,27,31)/t18-,23+,24-/m0/s1. The summed E-state index contributed by atoms with van der Waals surface area (Å²) in [6.07, 6.45) is 1.54. The first kappa shape index (κ1) is 26.1. The van der Waals surface area contributed by atoms with Crippen molar-refractivity contribution in [1.82, 2.24) is 10.2 Å². The molecule has 0 unspecified atom stereocenters. The van der Waals surface area contributed by atoms with Crippen LogP contribution in [-0.2, 0) is 19.8 Å². The van der Waals surface area contributed by atoms with E-state index in [1.807, 2.05) is 4.90 Å². The Morgan fingerprint density at radius 1 is 1.26 bits per heavy atom. The quantitative estimate of drug-likeness (QED) is 0.317. The van der Waals surface area contributed by atoms with E-state index in [-0.39, 0.29) is 29.3 Å². The second-order valence-corrected chi connectivity index (χ2v) is 17.7. The summed E-state index contributed by atoms with van der Waals surface area (Å²) in [7, 11) is -1.24. The molecule has 11 heteroatoms. The molecule has 35 heavy (non-hydrogen) atoms. The SMILES string of the molecule is C[C@]1(c2cccc(F)c2F)N=C(OC(=O)NCOCC[Si](C)(C)C)S[C@@]2(C(=O)N3CCCC3)C[C@H]21. The molecule has 3 atom stereocenters. The maximum atomic E-state index is 14.9. The first-order valence-corrected chi connectivity index (χ1v) is 16.5. The number of benzene rings is 1. The van der Waals surface area contributed by atoms with E-state index in [1.165, 1.54) is 12.1 Å². The molecule has 0 spiro atoms. The van der Waals surface area contributed by atoms with E-state index in [4.69, 9.17) is 9.47 Å². The molecular weight excluding hydrogens is 492 g/mol. The maximum absolute atomic E-state index is 14.9. The van der Waals surface area contributed by atoms with E-state index in [2.05, 4.69) is 30.0 Å². The van der Waals surface area contributed by atoms with Gasteiger partial charge < -0.3 is 14.4 Å². The van der Waals surface area contributed by atoms with Crippen LogP contribution in [-0.4, -0.2) is 61.4 Å². The van der Waals surface area contributed by atoms with Crippen LogP contribution in [0.25, 0.3) is 0 Å². The highest BCUT2D eigenvalue weighted by Crippen LogP contribution is 2.67. The first-order valence-electron chi connectivity index (χ1n) is 12.0. The van der Waals surface area contributed by atoms with Gasteiger partial charge in [0.2, 0.25) is 5.91 Å². The van der Waals surface area contributed by atoms with Crippen LogP contribution in [0.1, 0.15) is 31.7 Å². The van der Waals surface area contributed by atoms with Gasteiger partial charge in [0, 0.05) is 39.3 Å². The molecule has 192 valence electrons. The number of carbonyl (C=O) groups excluding carboxylic acids is 2. The lowest BCUT2D eigenvalue weighted by molar-refractivity contribution is -0.130. The number of nitrogens with one attached hydrogen (secondary N) is 1. The Morgan fingerprint density at radius 2 is 1.97 bits per heavy atom. The molecule has 7 nitrogen and oxygen atoms in total. The van der Waals surface area contributed by atoms with Crippen LogP contribution in [0, 0.1) is 17.6 Å². The molecule has 1 saturated carbocycles. The van der Waals surface area contributed by atoms with Crippen molar-refractivity contribution < 1.29 is 27.8 Å². The molecule has 2 aliphatic heterocycles. The molecule has 3 aliphatic rings. The van der Waals surface area contributed by atoms with E-state index in [9.17, 15) is 18.4 Å². The summed E-state index contributed by atoms with van der Waals surface area (Å²) in [5.41, 5.74) is -1.20. The number of likely N-dealkylation sites (tertiary alicyclic amines) is 1. The Morgan fingerprint density at radius 3 is 2.66 bits per heavy atom. The second kappa shape index (κ2) is 9.82. The third kappa shape index (κ3) is 5.41. The van der Waals surface area contributed by atoms with Crippen molar-refractivity contribution in [3.63, 3.8) is 0 Å². The molecule has 1 aromatic carbocycles. The summed E-state index contributed by atoms with van der Waals surface area (Å²) in [5, 5.41) is 2.51. The summed E-state index contributed by atoms with van der Waals surface area (Å²) in [5.74, 6) is -2.38. The van der Waals surface area contributed by atoms with Gasteiger partial charge >= 0.3 is 6.09 Å². The number of hydrogen-bond donors (Lipinski definition) is 1. The number of thioether (sulfide) groups is 1. The number of nitrogens with zero attached hydrogens (tertiary/aromatic N) is 2. The third-order valence-electron chi connectivity index (χ3n) is 6.93. The van der Waals surface area contributed by atoms with Crippen molar-refractivity contribution in [2.24, 2.45) is 10.9 Å². The minimum atomic E-state index is -1.25. The number of carbonyl (C=O) groups is 2. The van der Waals surface area contributed by atoms with Crippen LogP contribution in [0.2, 0.25) is 25.7 Å². The number of hydrogen-bond acceptors (Lipinski definition) is 6. The Balaban J connectivity index is 1.52. The fourth-order valence-corrected chi connectivity index (χ4v) is 7.05. The molecule has 2 fully saturated rings. The Bertz CT molecular complexity index is 1030. The monoisotopic (exact) mass is 525 g/mol. The predicted molar refractivity (Wildman–Crippen MR) is 134 cm³/mol. The number of halogens is 2. The summed E-state index contributed by atoms with van der Waals surface area (Å²) < 4.78 is 39.0. The Kier molecular flexibility index (Phi) is 7.32. The topological polar surface area (TPSA) is 80.2 Å². The summed E-state index contributed by atoms with van der Waals surface area (Å²) >= 11 is 1.11. The van der Waals surface area contributed by atoms with Gasteiger partial charge in [-0.2, -0.15) is 0 Å². The third-order valence-corrected chi connectivity index (χ3v) is 9.97. The van der Waals surface area contributed by atoms with Crippen LogP contribution in [0.15, 0.2) is 23.2 Å². The zero-order valence-electron chi connectivity index (χ0n) is 20.7. The average molecular weight is 526 g/mol. The smallest absolute Gasteiger partial charge is 0.385 e. The molecule has 0 bridgehead atoms. The fraction of sp³-hybridized carbons (Fsp3) is 0.625. The first-order chi connectivity index (χ1) is 16.5. The number of fused-ring (bicyclic) bond motifs is 1. The minimum absolute atomic E-state index is 0.0163. The van der Waals surface area contributed by atoms with Crippen LogP contribution >= 0.6 is 11.8 Å². The number of alkyl carbamates (subject to hydrolysis) is 1. The average Bonchev–Trinajstić information content (AvgIpc) is 3.29. The van der Waals surface area contributed by atoms with E-state index in [0.29, 0.717) is 26.1 Å². The maximum Gasteiger partial charge on any atom is 0.416 e. The highest BCUT2D eigenvalue weighted by molar-refractivity contribution is 8.15. The molecule has 2 amide bonds. The van der Waals surface area contributed by atoms with Crippen LogP contribution in [0.4, 0.5) is 13.6 Å². The van der Waals surface area contributed by atoms with E-state index in [0.717, 1.165) is 36.7 Å². The predicted octanol–water partition coefficient (Wildman–Crippen LogP) is 4.70. The van der Waals surface area contributed by atoms with Gasteiger partial charge in [-0.3, -0.25) is 10.1 Å². The molecule has 0 aromatic heterocycles. The van der Waals surface area contributed by atoms with Gasteiger partial charge in [0.1, 0.15) is 11.5 Å². The number of amides is 2. The Labute approximate surface area is 210 Å². The lowest BCUT2D eigenvalue weighted by Gasteiger charge is -2.35. The Hall–Kier alpha value is -1.98. The van der Waals surface area contributed by atoms with E-state index < -0.39 is 36.1 Å². The molecule has 1 N–H and O–H groups in total. The highest BCUT2D eigenvalue weighted by Gasteiger charge is 2.72. The van der Waals surface area contributed by atoms with Gasteiger partial charge in [0.15, 0.2) is 11.6 Å². The second-order valence-electron chi connectivity index (χ2n) is 10.8. The molecular formula is C24H33F2N3O4SSi. The normalized spacial score (nSPS) is 27.8. The van der Waals surface area contributed by atoms with Crippen LogP contribution < -0.4 is 5.32 Å². The molecule has 1 aliphatic carbocycles. The fourth-order valence-electron chi connectivity index (χ4n) is 4.79. The molecule has 1 aromatic rings. The summed E-state index contributed by atoms with van der Waals surface area (Å²) in [6.45, 7) is 10.2. The van der Waals surface area contributed by atoms with Gasteiger partial charge in [-0.05, 0) is 50.1 Å². The molecule has 2 heterocycles. The number of ether oxygens (including phenoxy) is 2. The lowest BCUT2D eigenvalue weighted by Crippen LogP contribution is -2.45. The molecule has 4 rings (SSSR count). The van der Waals surface area contributed by atoms with Gasteiger partial charge in [-0.1, -0.05) is 31.8 Å². The zero-order valence-corrected chi connectivity index (χ0v) is 22.5. The number of rotatable bonds is 7. The highest BCUT2D eigenvalue weighted by atomic mass is 32.2. The van der Waals surface area contributed by atoms with Crippen molar-refractivity contribution in [2.75, 3.05) is 26.4 Å². The summed E-state index contributed by atoms with van der Waals surface area (Å²) in [6, 6.07) is 4.91. The number of aliphatic imine (C=N–C) groups is 1. The minimum Gasteiger partial charge on any atom is -0.385 e. The van der Waals surface area contributed by atoms with Gasteiger partial charge in [0.25, 0.3) is 5.23 Å². The van der Waals surface area contributed by atoms with Crippen molar-refractivity contribution in [1.29, 1.82) is 0 Å². The molecule has 0 radical (unpaired) electrons. The van der Waals surface area contributed by atoms with E-state index >= 15 is 0 Å². The van der Waals surface area contributed by atoms with Crippen molar-refractivity contribution in [2.45, 2.75) is 62.2 Å². The zero-order chi connectivity index (χ0) is 25.4. The van der Waals surface area contributed by atoms with Crippen LogP contribution in [0.3, 0.4) is 0 Å². The molecule has 1 saturated heterocycles. The lowest BCUT2D eigenvalue weighted by atomic mass is 9.85. The van der Waals surface area contributed by atoms with Crippen molar-refractivity contribution in [3.05, 3.63) is 35.4 Å². The van der Waals surface area contributed by atoms with Crippen molar-refractivity contribution in [3.8, 4) is 0 Å². The summed E-state index contributed by atoms with van der Waals surface area (Å²) in [4.78, 5) is 32.3. The van der Waals surface area contributed by atoms with Gasteiger partial charge in [-0.15, -0.1) is 0 Å². The van der Waals surface area contributed by atoms with Crippen LogP contribution in [0.5, 0.6) is 0 Å². The largest absolute Gasteiger partial charge is 0.416 e.